The molecule has 0 saturated heterocycles. The first-order valence-electron chi connectivity index (χ1n) is 8.17. The van der Waals surface area contributed by atoms with E-state index in [1.807, 2.05) is 41.8 Å². The van der Waals surface area contributed by atoms with Crippen molar-refractivity contribution in [3.63, 3.8) is 0 Å². The topological polar surface area (TPSA) is 67.4 Å². The van der Waals surface area contributed by atoms with Crippen LogP contribution in [0.5, 0.6) is 5.75 Å². The Bertz CT molecular complexity index is 982. The van der Waals surface area contributed by atoms with Gasteiger partial charge in [-0.15, -0.1) is 11.3 Å². The van der Waals surface area contributed by atoms with Gasteiger partial charge in [-0.3, -0.25) is 9.59 Å². The fourth-order valence-corrected chi connectivity index (χ4v) is 3.62. The number of nitrogens with one attached hydrogen (secondary N) is 2. The second-order valence-electron chi connectivity index (χ2n) is 5.94. The fourth-order valence-electron chi connectivity index (χ4n) is 2.80. The van der Waals surface area contributed by atoms with Gasteiger partial charge in [0.1, 0.15) is 5.75 Å². The zero-order valence-electron chi connectivity index (χ0n) is 14.0. The van der Waals surface area contributed by atoms with E-state index in [2.05, 4.69) is 10.6 Å². The predicted octanol–water partition coefficient (Wildman–Crippen LogP) is 4.39. The molecule has 0 saturated carbocycles. The van der Waals surface area contributed by atoms with Gasteiger partial charge in [0.2, 0.25) is 0 Å². The van der Waals surface area contributed by atoms with Crippen LogP contribution in [0.15, 0.2) is 60.0 Å². The lowest BCUT2D eigenvalue weighted by Crippen LogP contribution is -2.34. The molecule has 0 aliphatic carbocycles. The van der Waals surface area contributed by atoms with Crippen molar-refractivity contribution < 1.29 is 14.3 Å². The van der Waals surface area contributed by atoms with Crippen LogP contribution in [0, 0.1) is 0 Å². The number of fused-ring (bicyclic) bond motifs is 1. The van der Waals surface area contributed by atoms with E-state index in [4.69, 9.17) is 4.74 Å². The van der Waals surface area contributed by atoms with Gasteiger partial charge in [0.15, 0.2) is 6.10 Å². The third-order valence-corrected chi connectivity index (χ3v) is 5.04. The third-order valence-electron chi connectivity index (χ3n) is 4.12. The smallest absolute Gasteiger partial charge is 0.266 e. The summed E-state index contributed by atoms with van der Waals surface area (Å²) in [6, 6.07) is 16.9. The van der Waals surface area contributed by atoms with E-state index < -0.39 is 6.10 Å². The molecule has 1 atom stereocenters. The van der Waals surface area contributed by atoms with Gasteiger partial charge in [-0.2, -0.15) is 0 Å². The van der Waals surface area contributed by atoms with E-state index in [1.54, 1.807) is 25.1 Å². The Morgan fingerprint density at radius 2 is 1.96 bits per heavy atom. The van der Waals surface area contributed by atoms with Gasteiger partial charge in [0, 0.05) is 11.3 Å². The lowest BCUT2D eigenvalue weighted by atomic mass is 10.1. The molecule has 5 nitrogen and oxygen atoms in total. The summed E-state index contributed by atoms with van der Waals surface area (Å²) in [7, 11) is 0. The molecular weight excluding hydrogens is 348 g/mol. The standard InChI is InChI=1S/C20H16N2O3S/c1-12-19(23)22-16-11-14(7-8-17(16)25-12)21-20(24)18-15(9-10-26-18)13-5-3-2-4-6-13/h2-12H,1H3,(H,21,24)(H,22,23). The average molecular weight is 364 g/mol. The summed E-state index contributed by atoms with van der Waals surface area (Å²) in [4.78, 5) is 25.1. The van der Waals surface area contributed by atoms with Crippen molar-refractivity contribution in [1.29, 1.82) is 0 Å². The normalized spacial score (nSPS) is 15.6. The highest BCUT2D eigenvalue weighted by molar-refractivity contribution is 7.12. The van der Waals surface area contributed by atoms with Gasteiger partial charge in [-0.1, -0.05) is 30.3 Å². The Balaban J connectivity index is 1.58. The highest BCUT2D eigenvalue weighted by Gasteiger charge is 2.24. The zero-order chi connectivity index (χ0) is 18.1. The number of thiophene rings is 1. The second-order valence-corrected chi connectivity index (χ2v) is 6.86. The molecule has 4 rings (SSSR count). The Hall–Kier alpha value is -3.12. The molecule has 2 amide bonds. The molecule has 2 heterocycles. The van der Waals surface area contributed by atoms with Crippen molar-refractivity contribution in [2.75, 3.05) is 10.6 Å². The number of ether oxygens (including phenoxy) is 1. The predicted molar refractivity (Wildman–Crippen MR) is 103 cm³/mol. The highest BCUT2D eigenvalue weighted by atomic mass is 32.1. The van der Waals surface area contributed by atoms with Crippen LogP contribution in [0.3, 0.4) is 0 Å². The number of amides is 2. The number of carbonyl (C=O) groups is 2. The Morgan fingerprint density at radius 1 is 1.15 bits per heavy atom. The van der Waals surface area contributed by atoms with Crippen molar-refractivity contribution >= 4 is 34.5 Å². The lowest BCUT2D eigenvalue weighted by molar-refractivity contribution is -0.122. The summed E-state index contributed by atoms with van der Waals surface area (Å²) < 4.78 is 5.53. The molecule has 3 aromatic rings. The molecule has 1 aliphatic rings. The first kappa shape index (κ1) is 16.4. The van der Waals surface area contributed by atoms with Crippen molar-refractivity contribution in [1.82, 2.24) is 0 Å². The van der Waals surface area contributed by atoms with Gasteiger partial charge in [0.25, 0.3) is 11.8 Å². The number of rotatable bonds is 3. The summed E-state index contributed by atoms with van der Waals surface area (Å²) in [5.74, 6) is 0.206. The van der Waals surface area contributed by atoms with Crippen LogP contribution in [0.4, 0.5) is 11.4 Å². The van der Waals surface area contributed by atoms with Crippen LogP contribution in [0.1, 0.15) is 16.6 Å². The number of carbonyl (C=O) groups excluding carboxylic acids is 2. The molecule has 0 fully saturated rings. The van der Waals surface area contributed by atoms with Gasteiger partial charge in [0.05, 0.1) is 10.6 Å². The molecule has 0 bridgehead atoms. The average Bonchev–Trinajstić information content (AvgIpc) is 3.14. The zero-order valence-corrected chi connectivity index (χ0v) is 14.8. The van der Waals surface area contributed by atoms with Crippen molar-refractivity contribution in [3.8, 4) is 16.9 Å². The minimum atomic E-state index is -0.525. The van der Waals surface area contributed by atoms with Gasteiger partial charge < -0.3 is 15.4 Å². The van der Waals surface area contributed by atoms with E-state index >= 15 is 0 Å². The molecule has 2 aromatic carbocycles. The van der Waals surface area contributed by atoms with E-state index in [0.29, 0.717) is 22.0 Å². The van der Waals surface area contributed by atoms with Crippen LogP contribution in [-0.4, -0.2) is 17.9 Å². The fraction of sp³-hybridized carbons (Fsp3) is 0.100. The Kier molecular flexibility index (Phi) is 4.18. The summed E-state index contributed by atoms with van der Waals surface area (Å²) in [6.45, 7) is 1.69. The molecule has 1 unspecified atom stereocenters. The van der Waals surface area contributed by atoms with Crippen LogP contribution in [0.2, 0.25) is 0 Å². The first-order chi connectivity index (χ1) is 12.6. The molecule has 6 heteroatoms. The van der Waals surface area contributed by atoms with E-state index in [9.17, 15) is 9.59 Å². The number of hydrogen-bond donors (Lipinski definition) is 2. The highest BCUT2D eigenvalue weighted by Crippen LogP contribution is 2.33. The first-order valence-corrected chi connectivity index (χ1v) is 9.05. The van der Waals surface area contributed by atoms with E-state index in [1.165, 1.54) is 11.3 Å². The number of hydrogen-bond acceptors (Lipinski definition) is 4. The van der Waals surface area contributed by atoms with Crippen LogP contribution in [-0.2, 0) is 4.79 Å². The summed E-state index contributed by atoms with van der Waals surface area (Å²) in [6.07, 6.45) is -0.525. The van der Waals surface area contributed by atoms with Crippen LogP contribution >= 0.6 is 11.3 Å². The maximum absolute atomic E-state index is 12.7. The number of anilines is 2. The molecule has 26 heavy (non-hydrogen) atoms. The Morgan fingerprint density at radius 3 is 2.77 bits per heavy atom. The Labute approximate surface area is 154 Å². The molecular formula is C20H16N2O3S. The maximum Gasteiger partial charge on any atom is 0.266 e. The second kappa shape index (κ2) is 6.65. The van der Waals surface area contributed by atoms with Crippen molar-refractivity contribution in [2.24, 2.45) is 0 Å². The molecule has 0 spiro atoms. The van der Waals surface area contributed by atoms with Crippen LogP contribution in [0.25, 0.3) is 11.1 Å². The van der Waals surface area contributed by atoms with Crippen molar-refractivity contribution in [3.05, 3.63) is 64.9 Å². The van der Waals surface area contributed by atoms with Crippen LogP contribution < -0.4 is 15.4 Å². The third kappa shape index (κ3) is 3.07. The van der Waals surface area contributed by atoms with Gasteiger partial charge >= 0.3 is 0 Å². The summed E-state index contributed by atoms with van der Waals surface area (Å²) in [5.41, 5.74) is 3.05. The lowest BCUT2D eigenvalue weighted by Gasteiger charge is -2.23. The molecule has 130 valence electrons. The maximum atomic E-state index is 12.7. The minimum Gasteiger partial charge on any atom is -0.479 e. The van der Waals surface area contributed by atoms with E-state index in [0.717, 1.165) is 11.1 Å². The number of benzene rings is 2. The van der Waals surface area contributed by atoms with Gasteiger partial charge in [-0.25, -0.2) is 0 Å². The quantitative estimate of drug-likeness (QED) is 0.724. The monoisotopic (exact) mass is 364 g/mol. The SMILES string of the molecule is CC1Oc2ccc(NC(=O)c3sccc3-c3ccccc3)cc2NC1=O. The molecule has 0 radical (unpaired) electrons. The summed E-state index contributed by atoms with van der Waals surface area (Å²) in [5, 5.41) is 7.58. The molecule has 2 N–H and O–H groups in total. The van der Waals surface area contributed by atoms with E-state index in [-0.39, 0.29) is 11.8 Å². The van der Waals surface area contributed by atoms with Gasteiger partial charge in [-0.05, 0) is 42.1 Å². The molecule has 1 aliphatic heterocycles. The largest absolute Gasteiger partial charge is 0.479 e. The minimum absolute atomic E-state index is 0.185. The summed E-state index contributed by atoms with van der Waals surface area (Å²) >= 11 is 1.39. The van der Waals surface area contributed by atoms with Crippen molar-refractivity contribution in [2.45, 2.75) is 13.0 Å². The molecule has 1 aromatic heterocycles.